The lowest BCUT2D eigenvalue weighted by Gasteiger charge is -2.05. The molecule has 1 aromatic heterocycles. The van der Waals surface area contributed by atoms with Crippen LogP contribution in [0.25, 0.3) is 16.9 Å². The first-order valence-corrected chi connectivity index (χ1v) is 10.9. The number of aryl methyl sites for hydroxylation is 2. The number of para-hydroxylation sites is 1. The van der Waals surface area contributed by atoms with Crippen molar-refractivity contribution in [1.29, 1.82) is 0 Å². The summed E-state index contributed by atoms with van der Waals surface area (Å²) in [6.45, 7) is 3.75. The Morgan fingerprint density at radius 2 is 1.71 bits per heavy atom. The number of carbonyl (C=O) groups is 2. The largest absolute Gasteiger partial charge is 0.343 e. The van der Waals surface area contributed by atoms with Crippen LogP contribution in [-0.4, -0.2) is 34.4 Å². The van der Waals surface area contributed by atoms with Gasteiger partial charge in [0.2, 0.25) is 0 Å². The SMILES string of the molecule is Cc1ccc(-c2nn(-c3ccccc3)cc2/C=N\NC(=O)CNC(=O)c2cccc(C)c2)cc1. The van der Waals surface area contributed by atoms with Gasteiger partial charge >= 0.3 is 0 Å². The number of rotatable bonds is 7. The summed E-state index contributed by atoms with van der Waals surface area (Å²) < 4.78 is 1.78. The Hall–Kier alpha value is -4.52. The molecule has 34 heavy (non-hydrogen) atoms. The van der Waals surface area contributed by atoms with Gasteiger partial charge in [0.05, 0.1) is 18.4 Å². The average molecular weight is 452 g/mol. The molecule has 2 N–H and O–H groups in total. The zero-order valence-corrected chi connectivity index (χ0v) is 19.0. The second kappa shape index (κ2) is 10.4. The van der Waals surface area contributed by atoms with Crippen LogP contribution in [0.4, 0.5) is 0 Å². The molecule has 0 bridgehead atoms. The second-order valence-corrected chi connectivity index (χ2v) is 7.92. The fourth-order valence-electron chi connectivity index (χ4n) is 3.39. The van der Waals surface area contributed by atoms with Crippen molar-refractivity contribution < 1.29 is 9.59 Å². The third-order valence-corrected chi connectivity index (χ3v) is 5.17. The van der Waals surface area contributed by atoms with Crippen molar-refractivity contribution in [2.24, 2.45) is 5.10 Å². The maximum atomic E-state index is 12.2. The standard InChI is InChI=1S/C27H25N5O2/c1-19-11-13-21(14-12-19)26-23(18-32(31-26)24-9-4-3-5-10-24)16-29-30-25(33)17-28-27(34)22-8-6-7-20(2)15-22/h3-16,18H,17H2,1-2H3,(H,28,34)(H,30,33)/b29-16-. The van der Waals surface area contributed by atoms with Gasteiger partial charge in [0.15, 0.2) is 0 Å². The molecule has 0 saturated carbocycles. The van der Waals surface area contributed by atoms with Gasteiger partial charge in [-0.3, -0.25) is 9.59 Å². The van der Waals surface area contributed by atoms with Crippen LogP contribution in [0.15, 0.2) is 90.2 Å². The Balaban J connectivity index is 1.46. The molecule has 4 rings (SSSR count). The van der Waals surface area contributed by atoms with E-state index in [1.54, 1.807) is 29.1 Å². The molecule has 0 atom stereocenters. The number of hydrogen-bond donors (Lipinski definition) is 2. The van der Waals surface area contributed by atoms with Crippen molar-refractivity contribution in [3.05, 3.63) is 107 Å². The van der Waals surface area contributed by atoms with Gasteiger partial charge in [-0.2, -0.15) is 10.2 Å². The summed E-state index contributed by atoms with van der Waals surface area (Å²) in [6, 6.07) is 25.0. The summed E-state index contributed by atoms with van der Waals surface area (Å²) in [4.78, 5) is 24.4. The molecule has 0 spiro atoms. The lowest BCUT2D eigenvalue weighted by molar-refractivity contribution is -0.120. The van der Waals surface area contributed by atoms with Gasteiger partial charge in [-0.05, 0) is 38.1 Å². The molecule has 7 nitrogen and oxygen atoms in total. The van der Waals surface area contributed by atoms with Gasteiger partial charge in [-0.25, -0.2) is 10.1 Å². The van der Waals surface area contributed by atoms with E-state index >= 15 is 0 Å². The molecule has 0 aliphatic carbocycles. The van der Waals surface area contributed by atoms with Crippen LogP contribution in [-0.2, 0) is 4.79 Å². The van der Waals surface area contributed by atoms with Crippen molar-refractivity contribution in [1.82, 2.24) is 20.5 Å². The van der Waals surface area contributed by atoms with E-state index in [2.05, 4.69) is 15.8 Å². The van der Waals surface area contributed by atoms with Crippen LogP contribution >= 0.6 is 0 Å². The van der Waals surface area contributed by atoms with Crippen molar-refractivity contribution >= 4 is 18.0 Å². The zero-order chi connectivity index (χ0) is 23.9. The molecule has 4 aromatic rings. The van der Waals surface area contributed by atoms with E-state index in [1.807, 2.05) is 80.7 Å². The lowest BCUT2D eigenvalue weighted by Crippen LogP contribution is -2.34. The number of amides is 2. The minimum Gasteiger partial charge on any atom is -0.343 e. The molecule has 7 heteroatoms. The number of nitrogens with zero attached hydrogens (tertiary/aromatic N) is 3. The van der Waals surface area contributed by atoms with Crippen molar-refractivity contribution in [2.75, 3.05) is 6.54 Å². The molecular weight excluding hydrogens is 426 g/mol. The second-order valence-electron chi connectivity index (χ2n) is 7.92. The molecule has 1 heterocycles. The molecule has 0 aliphatic heterocycles. The first-order chi connectivity index (χ1) is 16.5. The normalized spacial score (nSPS) is 10.9. The van der Waals surface area contributed by atoms with Crippen LogP contribution in [0.3, 0.4) is 0 Å². The quantitative estimate of drug-likeness (QED) is 0.328. The average Bonchev–Trinajstić information content (AvgIpc) is 3.27. The molecule has 0 unspecified atom stereocenters. The number of nitrogens with one attached hydrogen (secondary N) is 2. The summed E-state index contributed by atoms with van der Waals surface area (Å²) in [5.74, 6) is -0.738. The van der Waals surface area contributed by atoms with Gasteiger partial charge < -0.3 is 5.32 Å². The molecule has 0 fully saturated rings. The Bertz CT molecular complexity index is 1320. The third kappa shape index (κ3) is 5.63. The predicted octanol–water partition coefficient (Wildman–Crippen LogP) is 4.04. The molecule has 3 aromatic carbocycles. The van der Waals surface area contributed by atoms with E-state index in [1.165, 1.54) is 0 Å². The van der Waals surface area contributed by atoms with E-state index in [9.17, 15) is 9.59 Å². The van der Waals surface area contributed by atoms with Gasteiger partial charge in [-0.1, -0.05) is 65.7 Å². The van der Waals surface area contributed by atoms with Gasteiger partial charge in [0.1, 0.15) is 5.69 Å². The van der Waals surface area contributed by atoms with Crippen LogP contribution in [0.1, 0.15) is 27.0 Å². The predicted molar refractivity (Wildman–Crippen MR) is 133 cm³/mol. The summed E-state index contributed by atoms with van der Waals surface area (Å²) >= 11 is 0. The molecule has 0 saturated heterocycles. The number of carbonyl (C=O) groups excluding carboxylic acids is 2. The smallest absolute Gasteiger partial charge is 0.259 e. The Morgan fingerprint density at radius 1 is 0.941 bits per heavy atom. The topological polar surface area (TPSA) is 88.4 Å². The number of benzene rings is 3. The maximum absolute atomic E-state index is 12.2. The highest BCUT2D eigenvalue weighted by atomic mass is 16.2. The maximum Gasteiger partial charge on any atom is 0.259 e. The minimum absolute atomic E-state index is 0.182. The highest BCUT2D eigenvalue weighted by Gasteiger charge is 2.12. The van der Waals surface area contributed by atoms with Crippen molar-refractivity contribution in [3.8, 4) is 16.9 Å². The van der Waals surface area contributed by atoms with E-state index in [0.29, 0.717) is 5.56 Å². The summed E-state index contributed by atoms with van der Waals surface area (Å²) in [6.07, 6.45) is 3.42. The van der Waals surface area contributed by atoms with E-state index in [-0.39, 0.29) is 12.5 Å². The first-order valence-electron chi connectivity index (χ1n) is 10.9. The van der Waals surface area contributed by atoms with E-state index in [0.717, 1.165) is 33.6 Å². The zero-order valence-electron chi connectivity index (χ0n) is 19.0. The fraction of sp³-hybridized carbons (Fsp3) is 0.111. The van der Waals surface area contributed by atoms with Gasteiger partial charge in [0.25, 0.3) is 11.8 Å². The molecule has 2 amide bonds. The Morgan fingerprint density at radius 3 is 2.44 bits per heavy atom. The summed E-state index contributed by atoms with van der Waals surface area (Å²) in [7, 11) is 0. The number of hydrogen-bond acceptors (Lipinski definition) is 4. The highest BCUT2D eigenvalue weighted by molar-refractivity contribution is 5.96. The monoisotopic (exact) mass is 451 g/mol. The lowest BCUT2D eigenvalue weighted by atomic mass is 10.1. The molecule has 0 radical (unpaired) electrons. The van der Waals surface area contributed by atoms with E-state index < -0.39 is 5.91 Å². The number of aromatic nitrogens is 2. The fourth-order valence-corrected chi connectivity index (χ4v) is 3.39. The minimum atomic E-state index is -0.426. The van der Waals surface area contributed by atoms with Crippen molar-refractivity contribution in [3.63, 3.8) is 0 Å². The molecule has 170 valence electrons. The van der Waals surface area contributed by atoms with Gasteiger partial charge in [-0.15, -0.1) is 0 Å². The highest BCUT2D eigenvalue weighted by Crippen LogP contribution is 2.23. The summed E-state index contributed by atoms with van der Waals surface area (Å²) in [5, 5.41) is 11.4. The molecule has 0 aliphatic rings. The number of hydrazone groups is 1. The van der Waals surface area contributed by atoms with Gasteiger partial charge in [0, 0.05) is 22.9 Å². The molecular formula is C27H25N5O2. The Kier molecular flexibility index (Phi) is 6.93. The van der Waals surface area contributed by atoms with Crippen LogP contribution < -0.4 is 10.7 Å². The Labute approximate surface area is 198 Å². The van der Waals surface area contributed by atoms with Crippen molar-refractivity contribution in [2.45, 2.75) is 13.8 Å². The first kappa shape index (κ1) is 22.7. The van der Waals surface area contributed by atoms with Crippen LogP contribution in [0.2, 0.25) is 0 Å². The van der Waals surface area contributed by atoms with Crippen LogP contribution in [0, 0.1) is 13.8 Å². The van der Waals surface area contributed by atoms with Crippen LogP contribution in [0.5, 0.6) is 0 Å². The summed E-state index contributed by atoms with van der Waals surface area (Å²) in [5.41, 5.74) is 8.45. The third-order valence-electron chi connectivity index (χ3n) is 5.17. The van der Waals surface area contributed by atoms with E-state index in [4.69, 9.17) is 5.10 Å².